The minimum Gasteiger partial charge on any atom is -0.322 e. The van der Waals surface area contributed by atoms with E-state index < -0.39 is 6.04 Å². The lowest BCUT2D eigenvalue weighted by Crippen LogP contribution is -2.52. The Labute approximate surface area is 154 Å². The summed E-state index contributed by atoms with van der Waals surface area (Å²) in [7, 11) is 0. The molecule has 0 aliphatic carbocycles. The minimum atomic E-state index is -0.537. The Kier molecular flexibility index (Phi) is 5.71. The third-order valence-electron chi connectivity index (χ3n) is 5.36. The number of nitrogens with one attached hydrogen (secondary N) is 2. The summed E-state index contributed by atoms with van der Waals surface area (Å²) in [5, 5.41) is 5.71. The molecule has 6 nitrogen and oxygen atoms in total. The van der Waals surface area contributed by atoms with Gasteiger partial charge >= 0.3 is 0 Å². The number of rotatable bonds is 2. The lowest BCUT2D eigenvalue weighted by Gasteiger charge is -2.29. The highest BCUT2D eigenvalue weighted by Crippen LogP contribution is 2.32. The van der Waals surface area contributed by atoms with Gasteiger partial charge in [0.25, 0.3) is 5.91 Å². The molecule has 2 saturated heterocycles. The minimum absolute atomic E-state index is 0.101. The predicted molar refractivity (Wildman–Crippen MR) is 98.7 cm³/mol. The van der Waals surface area contributed by atoms with Gasteiger partial charge in [-0.3, -0.25) is 19.7 Å². The van der Waals surface area contributed by atoms with E-state index >= 15 is 0 Å². The molecule has 3 amide bonds. The van der Waals surface area contributed by atoms with Gasteiger partial charge in [0, 0.05) is 18.5 Å². The van der Waals surface area contributed by atoms with Crippen LogP contribution in [-0.2, 0) is 16.1 Å². The molecule has 1 aromatic rings. The SMILES string of the molecule is CC.O=C1CC[C@H](N2Cc3cc(C4CCNCC4)ccc3C2=O)C(=O)N1. The second-order valence-corrected chi connectivity index (χ2v) is 6.84. The fourth-order valence-corrected chi connectivity index (χ4v) is 4.00. The van der Waals surface area contributed by atoms with Crippen LogP contribution >= 0.6 is 0 Å². The number of hydrogen-bond acceptors (Lipinski definition) is 4. The molecule has 3 heterocycles. The van der Waals surface area contributed by atoms with E-state index in [9.17, 15) is 14.4 Å². The second kappa shape index (κ2) is 7.99. The Morgan fingerprint density at radius 3 is 2.46 bits per heavy atom. The van der Waals surface area contributed by atoms with Crippen LogP contribution in [0.5, 0.6) is 0 Å². The summed E-state index contributed by atoms with van der Waals surface area (Å²) in [4.78, 5) is 37.7. The lowest BCUT2D eigenvalue weighted by atomic mass is 9.88. The van der Waals surface area contributed by atoms with Crippen LogP contribution in [0.4, 0.5) is 0 Å². The van der Waals surface area contributed by atoms with Gasteiger partial charge in [-0.25, -0.2) is 0 Å². The maximum Gasteiger partial charge on any atom is 0.255 e. The van der Waals surface area contributed by atoms with Crippen LogP contribution in [0.25, 0.3) is 0 Å². The third kappa shape index (κ3) is 3.51. The van der Waals surface area contributed by atoms with Crippen LogP contribution in [0.2, 0.25) is 0 Å². The number of amides is 3. The van der Waals surface area contributed by atoms with Gasteiger partial charge < -0.3 is 10.2 Å². The van der Waals surface area contributed by atoms with Crippen molar-refractivity contribution in [2.75, 3.05) is 13.1 Å². The smallest absolute Gasteiger partial charge is 0.255 e. The van der Waals surface area contributed by atoms with Crippen molar-refractivity contribution in [1.29, 1.82) is 0 Å². The molecule has 0 unspecified atom stereocenters. The number of imide groups is 1. The predicted octanol–water partition coefficient (Wildman–Crippen LogP) is 1.94. The first kappa shape index (κ1) is 18.6. The molecule has 6 heteroatoms. The summed E-state index contributed by atoms with van der Waals surface area (Å²) < 4.78 is 0. The van der Waals surface area contributed by atoms with Gasteiger partial charge in [-0.2, -0.15) is 0 Å². The highest BCUT2D eigenvalue weighted by molar-refractivity contribution is 6.05. The van der Waals surface area contributed by atoms with E-state index in [4.69, 9.17) is 0 Å². The first-order valence-corrected chi connectivity index (χ1v) is 9.61. The molecular formula is C20H27N3O3. The standard InChI is InChI=1S/C18H21N3O3.C2H6/c22-16-4-3-15(17(23)20-16)21-10-13-9-12(1-2-14(13)18(21)24)11-5-7-19-8-6-11;1-2/h1-2,9,11,15,19H,3-8,10H2,(H,20,22,23);1-2H3/t15-;/m0./s1. The van der Waals surface area contributed by atoms with Crippen molar-refractivity contribution in [2.45, 2.75) is 58.0 Å². The van der Waals surface area contributed by atoms with Gasteiger partial charge in [-0.05, 0) is 55.5 Å². The molecule has 1 aromatic carbocycles. The van der Waals surface area contributed by atoms with Crippen LogP contribution in [0, 0.1) is 0 Å². The average molecular weight is 357 g/mol. The molecular weight excluding hydrogens is 330 g/mol. The summed E-state index contributed by atoms with van der Waals surface area (Å²) >= 11 is 0. The molecule has 4 rings (SSSR count). The zero-order valence-electron chi connectivity index (χ0n) is 15.5. The van der Waals surface area contributed by atoms with Crippen molar-refractivity contribution in [2.24, 2.45) is 0 Å². The Balaban J connectivity index is 0.000000948. The molecule has 0 saturated carbocycles. The molecule has 0 spiro atoms. The molecule has 140 valence electrons. The Morgan fingerprint density at radius 2 is 1.77 bits per heavy atom. The average Bonchev–Trinajstić information content (AvgIpc) is 3.00. The zero-order valence-corrected chi connectivity index (χ0v) is 15.5. The second-order valence-electron chi connectivity index (χ2n) is 6.84. The van der Waals surface area contributed by atoms with Gasteiger partial charge in [0.15, 0.2) is 0 Å². The summed E-state index contributed by atoms with van der Waals surface area (Å²) in [5.74, 6) is -0.174. The molecule has 0 radical (unpaired) electrons. The fourth-order valence-electron chi connectivity index (χ4n) is 4.00. The molecule has 26 heavy (non-hydrogen) atoms. The molecule has 1 atom stereocenters. The first-order valence-electron chi connectivity index (χ1n) is 9.61. The van der Waals surface area contributed by atoms with Crippen molar-refractivity contribution in [3.8, 4) is 0 Å². The van der Waals surface area contributed by atoms with Gasteiger partial charge in [-0.1, -0.05) is 26.0 Å². The van der Waals surface area contributed by atoms with Crippen LogP contribution < -0.4 is 10.6 Å². The maximum atomic E-state index is 12.7. The molecule has 0 bridgehead atoms. The maximum absolute atomic E-state index is 12.7. The monoisotopic (exact) mass is 357 g/mol. The quantitative estimate of drug-likeness (QED) is 0.793. The number of benzene rings is 1. The third-order valence-corrected chi connectivity index (χ3v) is 5.36. The van der Waals surface area contributed by atoms with Crippen LogP contribution in [-0.4, -0.2) is 41.8 Å². The van der Waals surface area contributed by atoms with E-state index in [0.29, 0.717) is 24.4 Å². The molecule has 3 aliphatic heterocycles. The van der Waals surface area contributed by atoms with Crippen molar-refractivity contribution < 1.29 is 14.4 Å². The topological polar surface area (TPSA) is 78.5 Å². The normalized spacial score (nSPS) is 23.2. The first-order chi connectivity index (χ1) is 12.6. The van der Waals surface area contributed by atoms with Gasteiger partial charge in [0.05, 0.1) is 0 Å². The van der Waals surface area contributed by atoms with Crippen molar-refractivity contribution in [3.05, 3.63) is 34.9 Å². The number of hydrogen-bond donors (Lipinski definition) is 2. The molecule has 3 aliphatic rings. The zero-order chi connectivity index (χ0) is 18.7. The summed E-state index contributed by atoms with van der Waals surface area (Å²) in [6.45, 7) is 6.52. The van der Waals surface area contributed by atoms with E-state index in [2.05, 4.69) is 22.8 Å². The van der Waals surface area contributed by atoms with E-state index in [-0.39, 0.29) is 24.1 Å². The summed E-state index contributed by atoms with van der Waals surface area (Å²) in [6.07, 6.45) is 2.93. The van der Waals surface area contributed by atoms with E-state index in [1.54, 1.807) is 4.90 Å². The number of fused-ring (bicyclic) bond motifs is 1. The summed E-state index contributed by atoms with van der Waals surface area (Å²) in [5.41, 5.74) is 2.98. The lowest BCUT2D eigenvalue weighted by molar-refractivity contribution is -0.136. The molecule has 0 aromatic heterocycles. The number of nitrogens with zero attached hydrogens (tertiary/aromatic N) is 1. The van der Waals surface area contributed by atoms with Crippen LogP contribution in [0.15, 0.2) is 18.2 Å². The van der Waals surface area contributed by atoms with Gasteiger partial charge in [-0.15, -0.1) is 0 Å². The number of carbonyl (C=O) groups excluding carboxylic acids is 3. The van der Waals surface area contributed by atoms with E-state index in [0.717, 1.165) is 31.5 Å². The highest BCUT2D eigenvalue weighted by Gasteiger charge is 2.39. The Morgan fingerprint density at radius 1 is 1.04 bits per heavy atom. The Hall–Kier alpha value is -2.21. The highest BCUT2D eigenvalue weighted by atomic mass is 16.2. The number of carbonyl (C=O) groups is 3. The van der Waals surface area contributed by atoms with Crippen molar-refractivity contribution in [1.82, 2.24) is 15.5 Å². The fraction of sp³-hybridized carbons (Fsp3) is 0.550. The molecule has 2 fully saturated rings. The van der Waals surface area contributed by atoms with E-state index in [1.165, 1.54) is 5.56 Å². The Bertz CT molecular complexity index is 710. The largest absolute Gasteiger partial charge is 0.322 e. The summed E-state index contributed by atoms with van der Waals surface area (Å²) in [6, 6.07) is 5.56. The van der Waals surface area contributed by atoms with Crippen molar-refractivity contribution in [3.63, 3.8) is 0 Å². The van der Waals surface area contributed by atoms with Crippen LogP contribution in [0.3, 0.4) is 0 Å². The number of piperidine rings is 2. The molecule has 2 N–H and O–H groups in total. The van der Waals surface area contributed by atoms with E-state index in [1.807, 2.05) is 19.9 Å². The van der Waals surface area contributed by atoms with Gasteiger partial charge in [0.2, 0.25) is 11.8 Å². The van der Waals surface area contributed by atoms with Crippen molar-refractivity contribution >= 4 is 17.7 Å². The van der Waals surface area contributed by atoms with Crippen LogP contribution in [0.1, 0.15) is 66.9 Å². The van der Waals surface area contributed by atoms with Gasteiger partial charge in [0.1, 0.15) is 6.04 Å².